The topological polar surface area (TPSA) is 84.1 Å². The van der Waals surface area contributed by atoms with Crippen LogP contribution in [0.5, 0.6) is 5.75 Å². The van der Waals surface area contributed by atoms with E-state index in [1.165, 1.54) is 5.69 Å². The third kappa shape index (κ3) is 3.58. The molecule has 0 radical (unpaired) electrons. The zero-order chi connectivity index (χ0) is 23.4. The van der Waals surface area contributed by atoms with Gasteiger partial charge in [-0.1, -0.05) is 0 Å². The van der Waals surface area contributed by atoms with E-state index in [1.54, 1.807) is 12.1 Å². The minimum absolute atomic E-state index is 0.276. The van der Waals surface area contributed by atoms with Crippen molar-refractivity contribution in [2.75, 3.05) is 38.1 Å². The number of benzene rings is 3. The molecule has 1 aliphatic rings. The molecule has 172 valence electrons. The Bertz CT molecular complexity index is 1500. The average molecular weight is 453 g/mol. The molecule has 2 aromatic heterocycles. The van der Waals surface area contributed by atoms with Crippen molar-refractivity contribution >= 4 is 27.8 Å². The van der Waals surface area contributed by atoms with Crippen molar-refractivity contribution in [1.29, 1.82) is 0 Å². The number of hydrogen-bond donors (Lipinski definition) is 3. The fourth-order valence-electron chi connectivity index (χ4n) is 4.99. The molecule has 3 N–H and O–H groups in total. The highest BCUT2D eigenvalue weighted by Crippen LogP contribution is 2.32. The number of anilines is 1. The maximum Gasteiger partial charge on any atom is 0.139 e. The molecule has 0 aliphatic carbocycles. The Kier molecular flexibility index (Phi) is 4.81. The SMILES string of the molecule is Cc1cc(O)cc(C)c1-c1nc2ccc(-c3nc4ccc(N5CCN(C)CC5)cc4[nH]3)cc2[nH]1. The highest BCUT2D eigenvalue weighted by Gasteiger charge is 2.16. The van der Waals surface area contributed by atoms with E-state index in [4.69, 9.17) is 9.97 Å². The Labute approximate surface area is 198 Å². The number of aromatic amines is 2. The lowest BCUT2D eigenvalue weighted by molar-refractivity contribution is 0.313. The Hall–Kier alpha value is -3.84. The molecule has 1 saturated heterocycles. The van der Waals surface area contributed by atoms with Crippen molar-refractivity contribution in [2.45, 2.75) is 13.8 Å². The number of phenols is 1. The number of piperazine rings is 1. The van der Waals surface area contributed by atoms with Crippen LogP contribution in [0.1, 0.15) is 11.1 Å². The maximum atomic E-state index is 9.88. The second-order valence-corrected chi connectivity index (χ2v) is 9.35. The Morgan fingerprint density at radius 3 is 2.12 bits per heavy atom. The minimum Gasteiger partial charge on any atom is -0.508 e. The largest absolute Gasteiger partial charge is 0.508 e. The van der Waals surface area contributed by atoms with Crippen molar-refractivity contribution in [3.63, 3.8) is 0 Å². The zero-order valence-corrected chi connectivity index (χ0v) is 19.7. The number of phenolic OH excluding ortho intramolecular Hbond substituents is 1. The molecule has 3 heterocycles. The van der Waals surface area contributed by atoms with Crippen LogP contribution in [0.4, 0.5) is 5.69 Å². The van der Waals surface area contributed by atoms with Crippen LogP contribution in [0.25, 0.3) is 44.8 Å². The van der Waals surface area contributed by atoms with E-state index < -0.39 is 0 Å². The van der Waals surface area contributed by atoms with Crippen LogP contribution in [0.2, 0.25) is 0 Å². The molecular weight excluding hydrogens is 424 g/mol. The fourth-order valence-corrected chi connectivity index (χ4v) is 4.99. The predicted octanol–water partition coefficient (Wildman–Crippen LogP) is 4.85. The number of likely N-dealkylation sites (N-methyl/N-ethyl adjacent to an activating group) is 1. The lowest BCUT2D eigenvalue weighted by Gasteiger charge is -2.34. The van der Waals surface area contributed by atoms with Gasteiger partial charge in [0.15, 0.2) is 0 Å². The van der Waals surface area contributed by atoms with Crippen molar-refractivity contribution < 1.29 is 5.11 Å². The highest BCUT2D eigenvalue weighted by molar-refractivity contribution is 5.87. The van der Waals surface area contributed by atoms with E-state index in [0.717, 1.165) is 82.1 Å². The number of nitrogens with zero attached hydrogens (tertiary/aromatic N) is 4. The smallest absolute Gasteiger partial charge is 0.139 e. The lowest BCUT2D eigenvalue weighted by atomic mass is 10.0. The van der Waals surface area contributed by atoms with Gasteiger partial charge >= 0.3 is 0 Å². The van der Waals surface area contributed by atoms with Gasteiger partial charge < -0.3 is 24.9 Å². The Morgan fingerprint density at radius 1 is 0.765 bits per heavy atom. The zero-order valence-electron chi connectivity index (χ0n) is 19.7. The summed E-state index contributed by atoms with van der Waals surface area (Å²) in [5.74, 6) is 1.93. The number of aromatic nitrogens is 4. The first kappa shape index (κ1) is 20.7. The molecule has 7 heteroatoms. The monoisotopic (exact) mass is 452 g/mol. The number of H-pyrrole nitrogens is 2. The first-order chi connectivity index (χ1) is 16.4. The van der Waals surface area contributed by atoms with Gasteiger partial charge in [-0.3, -0.25) is 0 Å². The summed E-state index contributed by atoms with van der Waals surface area (Å²) in [7, 11) is 2.17. The summed E-state index contributed by atoms with van der Waals surface area (Å²) in [6.45, 7) is 8.24. The molecule has 0 saturated carbocycles. The number of nitrogens with one attached hydrogen (secondary N) is 2. The van der Waals surface area contributed by atoms with Crippen LogP contribution in [-0.4, -0.2) is 63.2 Å². The van der Waals surface area contributed by atoms with Crippen LogP contribution < -0.4 is 4.90 Å². The maximum absolute atomic E-state index is 9.88. The van der Waals surface area contributed by atoms with E-state index >= 15 is 0 Å². The average Bonchev–Trinajstić information content (AvgIpc) is 3.41. The summed E-state index contributed by atoms with van der Waals surface area (Å²) in [5, 5.41) is 9.88. The molecule has 0 unspecified atom stereocenters. The second kappa shape index (κ2) is 7.88. The Morgan fingerprint density at radius 2 is 1.38 bits per heavy atom. The van der Waals surface area contributed by atoms with E-state index in [9.17, 15) is 5.11 Å². The number of rotatable bonds is 3. The van der Waals surface area contributed by atoms with Gasteiger partial charge in [-0.15, -0.1) is 0 Å². The molecule has 5 aromatic rings. The number of aromatic hydroxyl groups is 1. The summed E-state index contributed by atoms with van der Waals surface area (Å²) in [6.07, 6.45) is 0. The standard InChI is InChI=1S/C27H28N6O/c1-16-12-20(34)13-17(2)25(16)27-29-21-6-4-18(14-23(21)31-27)26-28-22-7-5-19(15-24(22)30-26)33-10-8-32(3)9-11-33/h4-7,12-15,34H,8-11H2,1-3H3,(H,28,30)(H,29,31). The molecule has 0 spiro atoms. The van der Waals surface area contributed by atoms with Crippen molar-refractivity contribution in [2.24, 2.45) is 0 Å². The van der Waals surface area contributed by atoms with Crippen molar-refractivity contribution in [3.05, 3.63) is 59.7 Å². The quantitative estimate of drug-likeness (QED) is 0.365. The summed E-state index contributed by atoms with van der Waals surface area (Å²) < 4.78 is 0. The van der Waals surface area contributed by atoms with Gasteiger partial charge in [0.05, 0.1) is 22.1 Å². The van der Waals surface area contributed by atoms with Crippen LogP contribution in [0.15, 0.2) is 48.5 Å². The molecule has 1 fully saturated rings. The van der Waals surface area contributed by atoms with Crippen LogP contribution >= 0.6 is 0 Å². The van der Waals surface area contributed by atoms with Gasteiger partial charge in [0.2, 0.25) is 0 Å². The molecular formula is C27H28N6O. The molecule has 0 bridgehead atoms. The fraction of sp³-hybridized carbons (Fsp3) is 0.259. The Balaban J connectivity index is 1.34. The minimum atomic E-state index is 0.276. The van der Waals surface area contributed by atoms with Gasteiger partial charge in [-0.05, 0) is 80.6 Å². The van der Waals surface area contributed by atoms with Crippen LogP contribution in [0, 0.1) is 13.8 Å². The number of imidazole rings is 2. The van der Waals surface area contributed by atoms with Crippen LogP contribution in [0.3, 0.4) is 0 Å². The molecule has 34 heavy (non-hydrogen) atoms. The predicted molar refractivity (Wildman–Crippen MR) is 137 cm³/mol. The van der Waals surface area contributed by atoms with Gasteiger partial charge in [-0.2, -0.15) is 0 Å². The molecule has 7 nitrogen and oxygen atoms in total. The first-order valence-electron chi connectivity index (χ1n) is 11.7. The third-order valence-electron chi connectivity index (χ3n) is 6.84. The highest BCUT2D eigenvalue weighted by atomic mass is 16.3. The van der Waals surface area contributed by atoms with Gasteiger partial charge in [0, 0.05) is 43.0 Å². The second-order valence-electron chi connectivity index (χ2n) is 9.35. The molecule has 6 rings (SSSR count). The number of aryl methyl sites for hydroxylation is 2. The van der Waals surface area contributed by atoms with E-state index in [0.29, 0.717) is 0 Å². The summed E-state index contributed by atoms with van der Waals surface area (Å²) in [5.41, 5.74) is 9.13. The number of hydrogen-bond acceptors (Lipinski definition) is 5. The summed E-state index contributed by atoms with van der Waals surface area (Å²) in [6, 6.07) is 16.2. The normalized spacial score (nSPS) is 15.0. The van der Waals surface area contributed by atoms with Gasteiger partial charge in [0.1, 0.15) is 17.4 Å². The molecule has 0 amide bonds. The van der Waals surface area contributed by atoms with Gasteiger partial charge in [-0.25, -0.2) is 9.97 Å². The van der Waals surface area contributed by atoms with E-state index in [1.807, 2.05) is 19.9 Å². The third-order valence-corrected chi connectivity index (χ3v) is 6.84. The molecule has 3 aromatic carbocycles. The van der Waals surface area contributed by atoms with E-state index in [-0.39, 0.29) is 5.75 Å². The lowest BCUT2D eigenvalue weighted by Crippen LogP contribution is -2.44. The summed E-state index contributed by atoms with van der Waals surface area (Å²) >= 11 is 0. The van der Waals surface area contributed by atoms with Crippen molar-refractivity contribution in [1.82, 2.24) is 24.8 Å². The van der Waals surface area contributed by atoms with Gasteiger partial charge in [0.25, 0.3) is 0 Å². The molecule has 1 aliphatic heterocycles. The van der Waals surface area contributed by atoms with Crippen molar-refractivity contribution in [3.8, 4) is 28.5 Å². The van der Waals surface area contributed by atoms with E-state index in [2.05, 4.69) is 57.1 Å². The summed E-state index contributed by atoms with van der Waals surface area (Å²) in [4.78, 5) is 21.4. The first-order valence-corrected chi connectivity index (χ1v) is 11.7. The van der Waals surface area contributed by atoms with Crippen LogP contribution in [-0.2, 0) is 0 Å². The molecule has 0 atom stereocenters. The number of fused-ring (bicyclic) bond motifs is 2.